The fourth-order valence-corrected chi connectivity index (χ4v) is 13.8. The van der Waals surface area contributed by atoms with E-state index in [0.717, 1.165) is 16.7 Å². The van der Waals surface area contributed by atoms with Crippen LogP contribution in [-0.4, -0.2) is 20.4 Å². The standard InChI is InChI=1S/C72H44BN3/c1-2-20-45(21-3-1)46-42-61-55-29-11-7-25-51(55)49-23-5-9-27-53(49)56-30-12-18-36-66(56)75-68-41-39-60-54-28-10-6-24-50(54)48-22-4-8-26-52(48)57-31-13-19-37-67(57)76-69-44-47(38-40-62(69)73(70(68)72(60)76)63(43-46)71(61)75)74-64-34-16-14-32-58(64)59-33-15-17-35-65(59)74/h1-44H. The molecule has 0 saturated heterocycles. The van der Waals surface area contributed by atoms with Crippen molar-refractivity contribution < 1.29 is 0 Å². The molecule has 5 heterocycles. The Morgan fingerprint density at radius 3 is 1.13 bits per heavy atom. The second kappa shape index (κ2) is 15.8. The summed E-state index contributed by atoms with van der Waals surface area (Å²) in [6, 6.07) is 101. The molecule has 0 amide bonds. The molecule has 3 aromatic heterocycles. The molecule has 2 aliphatic rings. The summed E-state index contributed by atoms with van der Waals surface area (Å²) in [6.45, 7) is -0.165. The minimum Gasteiger partial charge on any atom is -0.310 e. The Bertz CT molecular complexity index is 5140. The molecule has 0 atom stereocenters. The zero-order chi connectivity index (χ0) is 49.6. The number of benzene rings is 12. The summed E-state index contributed by atoms with van der Waals surface area (Å²) in [5.41, 5.74) is 16.8. The van der Waals surface area contributed by atoms with Gasteiger partial charge in [-0.05, 0) is 119 Å². The van der Waals surface area contributed by atoms with Crippen LogP contribution < -0.4 is 16.4 Å². The molecule has 0 saturated carbocycles. The molecule has 0 bridgehead atoms. The van der Waals surface area contributed by atoms with Crippen molar-refractivity contribution in [3.63, 3.8) is 0 Å². The number of hydrogen-bond donors (Lipinski definition) is 0. The fraction of sp³-hybridized carbons (Fsp3) is 0. The summed E-state index contributed by atoms with van der Waals surface area (Å²) in [7, 11) is 0. The SMILES string of the molecule is c1ccc(-c2cc3c4c(c2)c2ccccc2c2ccccc2c2ccccc2n4-c2ccc4c5ccccc5c5ccccc5c5ccccc5n5c4c2B3c2ccc(-n3c4ccccc4c4ccccc43)cc2-5)cc1. The highest BCUT2D eigenvalue weighted by molar-refractivity contribution is 7.00. The monoisotopic (exact) mass is 961 g/mol. The maximum atomic E-state index is 2.66. The number of aromatic nitrogens is 3. The van der Waals surface area contributed by atoms with Crippen LogP contribution in [0.4, 0.5) is 0 Å². The van der Waals surface area contributed by atoms with Crippen LogP contribution in [-0.2, 0) is 0 Å². The lowest BCUT2D eigenvalue weighted by molar-refractivity contribution is 1.13. The van der Waals surface area contributed by atoms with Crippen LogP contribution in [0.15, 0.2) is 267 Å². The molecule has 0 aliphatic carbocycles. The van der Waals surface area contributed by atoms with Crippen molar-refractivity contribution in [3.8, 4) is 28.2 Å². The van der Waals surface area contributed by atoms with Gasteiger partial charge in [-0.15, -0.1) is 0 Å². The zero-order valence-corrected chi connectivity index (χ0v) is 41.3. The fourth-order valence-electron chi connectivity index (χ4n) is 13.8. The van der Waals surface area contributed by atoms with Crippen LogP contribution in [0.5, 0.6) is 0 Å². The number of nitrogens with zero attached hydrogens (tertiary/aromatic N) is 3. The van der Waals surface area contributed by atoms with Crippen molar-refractivity contribution in [3.05, 3.63) is 267 Å². The first-order chi connectivity index (χ1) is 37.8. The largest absolute Gasteiger partial charge is 0.310 e. The second-order valence-corrected chi connectivity index (χ2v) is 20.7. The Kier molecular flexibility index (Phi) is 8.64. The van der Waals surface area contributed by atoms with Gasteiger partial charge in [0.2, 0.25) is 0 Å². The lowest BCUT2D eigenvalue weighted by Crippen LogP contribution is -2.59. The molecule has 4 heteroatoms. The highest BCUT2D eigenvalue weighted by atomic mass is 15.0. The normalized spacial score (nSPS) is 12.4. The Morgan fingerprint density at radius 1 is 0.224 bits per heavy atom. The summed E-state index contributed by atoms with van der Waals surface area (Å²) in [5, 5.41) is 17.0. The molecule has 0 N–H and O–H groups in total. The second-order valence-electron chi connectivity index (χ2n) is 20.7. The van der Waals surface area contributed by atoms with Crippen LogP contribution in [0.25, 0.3) is 137 Å². The van der Waals surface area contributed by atoms with Gasteiger partial charge in [0.15, 0.2) is 0 Å². The molecule has 0 fully saturated rings. The van der Waals surface area contributed by atoms with Crippen molar-refractivity contribution in [2.24, 2.45) is 0 Å². The maximum absolute atomic E-state index is 2.66. The molecule has 3 nitrogen and oxygen atoms in total. The van der Waals surface area contributed by atoms with Crippen molar-refractivity contribution in [2.45, 2.75) is 0 Å². The topological polar surface area (TPSA) is 14.8 Å². The van der Waals surface area contributed by atoms with Crippen molar-refractivity contribution in [1.29, 1.82) is 0 Å². The van der Waals surface area contributed by atoms with Crippen molar-refractivity contribution >= 4 is 132 Å². The smallest absolute Gasteiger partial charge is 0.252 e. The van der Waals surface area contributed by atoms with Crippen LogP contribution in [0.1, 0.15) is 0 Å². The van der Waals surface area contributed by atoms with E-state index in [1.54, 1.807) is 0 Å². The van der Waals surface area contributed by atoms with E-state index in [0.29, 0.717) is 0 Å². The summed E-state index contributed by atoms with van der Waals surface area (Å²) >= 11 is 0. The van der Waals surface area contributed by atoms with Gasteiger partial charge in [-0.25, -0.2) is 0 Å². The summed E-state index contributed by atoms with van der Waals surface area (Å²) < 4.78 is 7.79. The van der Waals surface area contributed by atoms with Gasteiger partial charge in [0, 0.05) is 54.9 Å². The maximum Gasteiger partial charge on any atom is 0.252 e. The van der Waals surface area contributed by atoms with Gasteiger partial charge < -0.3 is 13.7 Å². The van der Waals surface area contributed by atoms with E-state index in [9.17, 15) is 0 Å². The highest BCUT2D eigenvalue weighted by Crippen LogP contribution is 2.42. The Morgan fingerprint density at radius 2 is 0.618 bits per heavy atom. The molecule has 17 rings (SSSR count). The van der Waals surface area contributed by atoms with Crippen molar-refractivity contribution in [2.75, 3.05) is 0 Å². The molecule has 76 heavy (non-hydrogen) atoms. The van der Waals surface area contributed by atoms with Gasteiger partial charge in [-0.2, -0.15) is 0 Å². The average Bonchev–Trinajstić information content (AvgIpc) is 3.96. The molecule has 350 valence electrons. The Balaban J connectivity index is 1.18. The Hall–Kier alpha value is -9.90. The summed E-state index contributed by atoms with van der Waals surface area (Å²) in [5.74, 6) is 0. The molecule has 15 aromatic rings. The van der Waals surface area contributed by atoms with E-state index in [4.69, 9.17) is 0 Å². The van der Waals surface area contributed by atoms with Gasteiger partial charge in [0.1, 0.15) is 0 Å². The number of rotatable bonds is 2. The van der Waals surface area contributed by atoms with Crippen LogP contribution in [0, 0.1) is 0 Å². The first-order valence-electron chi connectivity index (χ1n) is 26.5. The first-order valence-corrected chi connectivity index (χ1v) is 26.5. The third kappa shape index (κ3) is 5.67. The van der Waals surface area contributed by atoms with Gasteiger partial charge in [-0.3, -0.25) is 0 Å². The molecular formula is C72H44BN3. The first kappa shape index (κ1) is 41.6. The molecule has 0 unspecified atom stereocenters. The van der Waals surface area contributed by atoms with Crippen LogP contribution >= 0.6 is 0 Å². The van der Waals surface area contributed by atoms with E-state index in [1.807, 2.05) is 0 Å². The zero-order valence-electron chi connectivity index (χ0n) is 41.3. The van der Waals surface area contributed by atoms with E-state index < -0.39 is 0 Å². The van der Waals surface area contributed by atoms with Gasteiger partial charge >= 0.3 is 0 Å². The highest BCUT2D eigenvalue weighted by Gasteiger charge is 2.40. The molecule has 12 aromatic carbocycles. The van der Waals surface area contributed by atoms with Crippen molar-refractivity contribution in [1.82, 2.24) is 13.7 Å². The lowest BCUT2D eigenvalue weighted by Gasteiger charge is -2.36. The quantitative estimate of drug-likeness (QED) is 0.153. The van der Waals surface area contributed by atoms with Crippen LogP contribution in [0.2, 0.25) is 0 Å². The molecular weight excluding hydrogens is 918 g/mol. The average molecular weight is 962 g/mol. The third-order valence-electron chi connectivity index (χ3n) is 16.9. The summed E-state index contributed by atoms with van der Waals surface area (Å²) in [4.78, 5) is 0. The molecule has 0 radical (unpaired) electrons. The number of para-hydroxylation sites is 4. The minimum atomic E-state index is -0.165. The van der Waals surface area contributed by atoms with E-state index in [2.05, 4.69) is 281 Å². The molecule has 0 spiro atoms. The minimum absolute atomic E-state index is 0.165. The van der Waals surface area contributed by atoms with Crippen LogP contribution in [0.3, 0.4) is 0 Å². The number of hydrogen-bond acceptors (Lipinski definition) is 0. The summed E-state index contributed by atoms with van der Waals surface area (Å²) in [6.07, 6.45) is 0. The van der Waals surface area contributed by atoms with Gasteiger partial charge in [0.25, 0.3) is 6.71 Å². The van der Waals surface area contributed by atoms with E-state index in [-0.39, 0.29) is 6.71 Å². The predicted octanol–water partition coefficient (Wildman–Crippen LogP) is 16.6. The predicted molar refractivity (Wildman–Crippen MR) is 325 cm³/mol. The third-order valence-corrected chi connectivity index (χ3v) is 16.9. The van der Waals surface area contributed by atoms with E-state index in [1.165, 1.54) is 136 Å². The van der Waals surface area contributed by atoms with Gasteiger partial charge in [0.05, 0.1) is 27.6 Å². The van der Waals surface area contributed by atoms with Gasteiger partial charge in [-0.1, -0.05) is 218 Å². The molecule has 2 aliphatic heterocycles. The number of fused-ring (bicyclic) bond motifs is 22. The Labute approximate surface area is 438 Å². The lowest BCUT2D eigenvalue weighted by atomic mass is 9.34. The van der Waals surface area contributed by atoms with E-state index >= 15 is 0 Å².